The third kappa shape index (κ3) is 35.8. The van der Waals surface area contributed by atoms with Gasteiger partial charge in [-0.3, -0.25) is 0 Å². The molecular weight excluding hydrogens is 693 g/mol. The second kappa shape index (κ2) is 45.1. The summed E-state index contributed by atoms with van der Waals surface area (Å²) in [5.74, 6) is 4.30. The van der Waals surface area contributed by atoms with E-state index in [1.807, 2.05) is 96.9 Å². The molecule has 55 heavy (non-hydrogen) atoms. The van der Waals surface area contributed by atoms with Crippen LogP contribution in [0.15, 0.2) is 56.4 Å². The lowest BCUT2D eigenvalue weighted by Gasteiger charge is -1.98. The number of nitrogens with zero attached hydrogens (tertiary/aromatic N) is 16. The first-order valence-electron chi connectivity index (χ1n) is 19.5. The van der Waals surface area contributed by atoms with Crippen LogP contribution in [-0.4, -0.2) is 80.9 Å². The molecule has 0 bridgehead atoms. The van der Waals surface area contributed by atoms with E-state index < -0.39 is 0 Å². The molecular formula is C39H74N16. The SMILES string of the molecule is CC.CC.CC.CC.CC.CC(C)c1cncnn1.CC(C)c1cnncn1.CC(C)c1nccnn1.CC(C)c1ncncn1.CC(C)c1nncnn1. The van der Waals surface area contributed by atoms with Crippen LogP contribution in [0.2, 0.25) is 0 Å². The zero-order chi connectivity index (χ0) is 43.5. The standard InChI is InChI=1S/4C6H9N3.C5H8N4.5C2H6/c1-5(2)6-8-3-7-4-9-6;1-5(2)6-3-8-9-4-7-6;1-5(2)6-3-7-4-8-9-6;1-5(2)6-7-3-4-8-9-6;1-4(2)5-8-6-3-7-9-5;5*1-2/h4*3-5H,1-2H3;3-4H,1-2H3;5*1-2H3. The number of hydrogen-bond donors (Lipinski definition) is 0. The van der Waals surface area contributed by atoms with E-state index in [4.69, 9.17) is 0 Å². The van der Waals surface area contributed by atoms with E-state index in [-0.39, 0.29) is 0 Å². The van der Waals surface area contributed by atoms with E-state index in [2.05, 4.69) is 122 Å². The zero-order valence-corrected chi connectivity index (χ0v) is 37.7. The normalized spacial score (nSPS) is 8.82. The first-order valence-corrected chi connectivity index (χ1v) is 19.5. The van der Waals surface area contributed by atoms with E-state index in [0.29, 0.717) is 35.4 Å². The Balaban J connectivity index is -0.000000179. The fourth-order valence-corrected chi connectivity index (χ4v) is 2.58. The minimum atomic E-state index is 0.311. The van der Waals surface area contributed by atoms with E-state index in [9.17, 15) is 0 Å². The molecule has 5 heterocycles. The first-order chi connectivity index (χ1) is 26.5. The largest absolute Gasteiger partial charge is 0.241 e. The highest BCUT2D eigenvalue weighted by Crippen LogP contribution is 2.07. The smallest absolute Gasteiger partial charge is 0.176 e. The van der Waals surface area contributed by atoms with Gasteiger partial charge in [-0.15, -0.1) is 35.7 Å². The Kier molecular flexibility index (Phi) is 48.6. The molecule has 5 aromatic rings. The van der Waals surface area contributed by atoms with Gasteiger partial charge in [0.1, 0.15) is 31.1 Å². The van der Waals surface area contributed by atoms with Gasteiger partial charge in [0.2, 0.25) is 0 Å². The molecule has 0 radical (unpaired) electrons. The monoisotopic (exact) mass is 767 g/mol. The lowest BCUT2D eigenvalue weighted by molar-refractivity contribution is 0.689. The molecule has 0 fully saturated rings. The molecule has 0 atom stereocenters. The van der Waals surface area contributed by atoms with Crippen molar-refractivity contribution in [3.05, 3.63) is 85.3 Å². The zero-order valence-electron chi connectivity index (χ0n) is 37.7. The molecule has 0 aliphatic carbocycles. The molecule has 0 saturated carbocycles. The van der Waals surface area contributed by atoms with Gasteiger partial charge in [-0.25, -0.2) is 29.9 Å². The van der Waals surface area contributed by atoms with E-state index in [1.165, 1.54) is 31.6 Å². The highest BCUT2D eigenvalue weighted by molar-refractivity contribution is 4.97. The summed E-state index contributed by atoms with van der Waals surface area (Å²) >= 11 is 0. The summed E-state index contributed by atoms with van der Waals surface area (Å²) < 4.78 is 0. The second-order valence-electron chi connectivity index (χ2n) is 10.7. The topological polar surface area (TPSA) is 206 Å². The summed E-state index contributed by atoms with van der Waals surface area (Å²) in [7, 11) is 0. The summed E-state index contributed by atoms with van der Waals surface area (Å²) in [6, 6.07) is 0. The number of hydrogen-bond acceptors (Lipinski definition) is 16. The Morgan fingerprint density at radius 2 is 0.782 bits per heavy atom. The lowest BCUT2D eigenvalue weighted by Crippen LogP contribution is -1.99. The van der Waals surface area contributed by atoms with Crippen molar-refractivity contribution in [3.63, 3.8) is 0 Å². The van der Waals surface area contributed by atoms with E-state index >= 15 is 0 Å². The van der Waals surface area contributed by atoms with E-state index in [0.717, 1.165) is 23.0 Å². The molecule has 0 unspecified atom stereocenters. The van der Waals surface area contributed by atoms with Gasteiger partial charge >= 0.3 is 0 Å². The molecule has 0 aliphatic heterocycles. The van der Waals surface area contributed by atoms with Crippen molar-refractivity contribution in [2.24, 2.45) is 0 Å². The van der Waals surface area contributed by atoms with Gasteiger partial charge in [-0.2, -0.15) is 15.3 Å². The Morgan fingerprint density at radius 3 is 1.05 bits per heavy atom. The molecule has 310 valence electrons. The van der Waals surface area contributed by atoms with Crippen LogP contribution in [0.1, 0.15) is 197 Å². The molecule has 0 aliphatic rings. The van der Waals surface area contributed by atoms with Crippen molar-refractivity contribution >= 4 is 0 Å². The predicted octanol–water partition coefficient (Wildman–Crippen LogP) is 9.50. The molecule has 16 nitrogen and oxygen atoms in total. The van der Waals surface area contributed by atoms with Crippen LogP contribution in [0.25, 0.3) is 0 Å². The summed E-state index contributed by atoms with van der Waals surface area (Å²) in [4.78, 5) is 23.5. The van der Waals surface area contributed by atoms with Crippen LogP contribution >= 0.6 is 0 Å². The third-order valence-corrected chi connectivity index (χ3v) is 5.18. The summed E-state index contributed by atoms with van der Waals surface area (Å²) in [5.41, 5.74) is 1.93. The van der Waals surface area contributed by atoms with Gasteiger partial charge in [-0.1, -0.05) is 138 Å². The highest BCUT2D eigenvalue weighted by atomic mass is 15.3. The Bertz CT molecular complexity index is 1110. The average molecular weight is 767 g/mol. The predicted molar refractivity (Wildman–Crippen MR) is 224 cm³/mol. The molecule has 0 amide bonds. The molecule has 5 rings (SSSR count). The molecule has 0 spiro atoms. The van der Waals surface area contributed by atoms with Gasteiger partial charge in [-0.05, 0) is 11.8 Å². The van der Waals surface area contributed by atoms with Crippen molar-refractivity contribution in [2.45, 2.75) is 168 Å². The fourth-order valence-electron chi connectivity index (χ4n) is 2.58. The summed E-state index contributed by atoms with van der Waals surface area (Å²) in [5, 5.41) is 37.0. The van der Waals surface area contributed by atoms with Gasteiger partial charge < -0.3 is 0 Å². The van der Waals surface area contributed by atoms with Crippen molar-refractivity contribution < 1.29 is 0 Å². The molecule has 0 saturated heterocycles. The maximum Gasteiger partial charge on any atom is 0.176 e. The summed E-state index contributed by atoms with van der Waals surface area (Å²) in [6.45, 7) is 40.4. The van der Waals surface area contributed by atoms with Crippen molar-refractivity contribution in [3.8, 4) is 0 Å². The minimum Gasteiger partial charge on any atom is -0.241 e. The molecule has 0 aromatic carbocycles. The lowest BCUT2D eigenvalue weighted by atomic mass is 10.1. The van der Waals surface area contributed by atoms with Gasteiger partial charge in [0.05, 0.1) is 30.0 Å². The van der Waals surface area contributed by atoms with Crippen LogP contribution in [0.4, 0.5) is 0 Å². The summed E-state index contributed by atoms with van der Waals surface area (Å²) in [6.07, 6.45) is 13.9. The molecule has 16 heteroatoms. The third-order valence-electron chi connectivity index (χ3n) is 5.18. The first kappa shape index (κ1) is 59.3. The van der Waals surface area contributed by atoms with Crippen LogP contribution in [0, 0.1) is 0 Å². The maximum atomic E-state index is 4.00. The van der Waals surface area contributed by atoms with Crippen molar-refractivity contribution in [2.75, 3.05) is 0 Å². The van der Waals surface area contributed by atoms with Crippen LogP contribution < -0.4 is 0 Å². The molecule has 0 N–H and O–H groups in total. The van der Waals surface area contributed by atoms with Crippen LogP contribution in [0.3, 0.4) is 0 Å². The quantitative estimate of drug-likeness (QED) is 0.163. The number of aromatic nitrogens is 16. The van der Waals surface area contributed by atoms with Crippen molar-refractivity contribution in [1.29, 1.82) is 0 Å². The highest BCUT2D eigenvalue weighted by Gasteiger charge is 2.01. The Hall–Kier alpha value is -5.02. The molecule has 5 aromatic heterocycles. The Morgan fingerprint density at radius 1 is 0.309 bits per heavy atom. The fraction of sp³-hybridized carbons (Fsp3) is 0.641. The maximum absolute atomic E-state index is 4.00. The van der Waals surface area contributed by atoms with Crippen LogP contribution in [-0.2, 0) is 0 Å². The van der Waals surface area contributed by atoms with Crippen LogP contribution in [0.5, 0.6) is 0 Å². The van der Waals surface area contributed by atoms with E-state index in [1.54, 1.807) is 24.8 Å². The van der Waals surface area contributed by atoms with Gasteiger partial charge in [0.25, 0.3) is 0 Å². The van der Waals surface area contributed by atoms with Gasteiger partial charge in [0, 0.05) is 24.0 Å². The minimum absolute atomic E-state index is 0.311. The second-order valence-corrected chi connectivity index (χ2v) is 10.7. The van der Waals surface area contributed by atoms with Gasteiger partial charge in [0.15, 0.2) is 18.0 Å². The Labute approximate surface area is 333 Å². The number of rotatable bonds is 5. The average Bonchev–Trinajstić information content (AvgIpc) is 3.27. The van der Waals surface area contributed by atoms with Crippen molar-refractivity contribution in [1.82, 2.24) is 80.9 Å².